The molecule has 24 heavy (non-hydrogen) atoms. The van der Waals surface area contributed by atoms with Crippen molar-refractivity contribution in [1.82, 2.24) is 4.90 Å². The Balaban J connectivity index is 1.69. The van der Waals surface area contributed by atoms with E-state index in [9.17, 15) is 9.90 Å². The van der Waals surface area contributed by atoms with Crippen molar-refractivity contribution in [1.29, 1.82) is 0 Å². The summed E-state index contributed by atoms with van der Waals surface area (Å²) in [5.74, 6) is -0.877. The summed E-state index contributed by atoms with van der Waals surface area (Å²) < 4.78 is 0. The van der Waals surface area contributed by atoms with Crippen molar-refractivity contribution in [3.8, 4) is 11.1 Å². The highest BCUT2D eigenvalue weighted by Crippen LogP contribution is 2.24. The molecule has 0 bridgehead atoms. The summed E-state index contributed by atoms with van der Waals surface area (Å²) in [4.78, 5) is 13.4. The molecular weight excluding hydrogens is 298 g/mol. The fraction of sp³-hybridized carbons (Fsp3) is 0.381. The third-order valence-corrected chi connectivity index (χ3v) is 4.77. The third kappa shape index (κ3) is 4.04. The first-order valence-corrected chi connectivity index (χ1v) is 8.64. The van der Waals surface area contributed by atoms with Gasteiger partial charge in [0.15, 0.2) is 0 Å². The molecule has 0 aromatic heterocycles. The van der Waals surface area contributed by atoms with E-state index in [-0.39, 0.29) is 5.92 Å². The highest BCUT2D eigenvalue weighted by atomic mass is 16.4. The molecule has 1 atom stereocenters. The lowest BCUT2D eigenvalue weighted by atomic mass is 9.97. The Labute approximate surface area is 143 Å². The van der Waals surface area contributed by atoms with Gasteiger partial charge in [0.2, 0.25) is 0 Å². The van der Waals surface area contributed by atoms with Crippen LogP contribution < -0.4 is 0 Å². The lowest BCUT2D eigenvalue weighted by molar-refractivity contribution is -0.143. The molecule has 126 valence electrons. The topological polar surface area (TPSA) is 40.5 Å². The minimum absolute atomic E-state index is 0.215. The highest BCUT2D eigenvalue weighted by Gasteiger charge is 2.25. The molecule has 3 heteroatoms. The number of piperidine rings is 1. The van der Waals surface area contributed by atoms with Gasteiger partial charge < -0.3 is 5.11 Å². The largest absolute Gasteiger partial charge is 0.481 e. The fourth-order valence-electron chi connectivity index (χ4n) is 3.60. The van der Waals surface area contributed by atoms with Gasteiger partial charge in [-0.05, 0) is 49.9 Å². The first kappa shape index (κ1) is 16.7. The molecular formula is C21H25NO2. The van der Waals surface area contributed by atoms with E-state index < -0.39 is 5.97 Å². The standard InChI is InChI=1S/C21H25NO2/c1-15-10-16(2)12-20(11-15)18-7-5-17(6-8-18)13-22-9-3-4-19(14-22)21(23)24/h5-8,10-12,19H,3-4,9,13-14H2,1-2H3,(H,23,24). The Morgan fingerprint density at radius 1 is 1.08 bits per heavy atom. The first-order valence-electron chi connectivity index (χ1n) is 8.64. The van der Waals surface area contributed by atoms with Crippen LogP contribution in [0.1, 0.15) is 29.5 Å². The summed E-state index contributed by atoms with van der Waals surface area (Å²) in [5, 5.41) is 9.20. The second-order valence-corrected chi connectivity index (χ2v) is 6.99. The van der Waals surface area contributed by atoms with Crippen molar-refractivity contribution < 1.29 is 9.90 Å². The second-order valence-electron chi connectivity index (χ2n) is 6.99. The normalized spacial score (nSPS) is 18.5. The van der Waals surface area contributed by atoms with Crippen LogP contribution in [-0.4, -0.2) is 29.1 Å². The summed E-state index contributed by atoms with van der Waals surface area (Å²) >= 11 is 0. The number of hydrogen-bond donors (Lipinski definition) is 1. The van der Waals surface area contributed by atoms with Crippen LogP contribution in [0.15, 0.2) is 42.5 Å². The van der Waals surface area contributed by atoms with Gasteiger partial charge in [-0.2, -0.15) is 0 Å². The molecule has 3 rings (SSSR count). The zero-order valence-corrected chi connectivity index (χ0v) is 14.5. The summed E-state index contributed by atoms with van der Waals surface area (Å²) in [6.45, 7) is 6.73. The van der Waals surface area contributed by atoms with Crippen molar-refractivity contribution in [3.05, 3.63) is 59.2 Å². The third-order valence-electron chi connectivity index (χ3n) is 4.77. The SMILES string of the molecule is Cc1cc(C)cc(-c2ccc(CN3CCCC(C(=O)O)C3)cc2)c1. The average molecular weight is 323 g/mol. The number of benzene rings is 2. The van der Waals surface area contributed by atoms with Gasteiger partial charge >= 0.3 is 5.97 Å². The number of carboxylic acids is 1. The van der Waals surface area contributed by atoms with Crippen LogP contribution in [-0.2, 0) is 11.3 Å². The molecule has 1 aliphatic rings. The van der Waals surface area contributed by atoms with Crippen LogP contribution in [0.2, 0.25) is 0 Å². The number of nitrogens with zero attached hydrogens (tertiary/aromatic N) is 1. The number of hydrogen-bond acceptors (Lipinski definition) is 2. The zero-order chi connectivity index (χ0) is 17.1. The molecule has 0 spiro atoms. The molecule has 2 aromatic rings. The number of likely N-dealkylation sites (tertiary alicyclic amines) is 1. The van der Waals surface area contributed by atoms with Crippen molar-refractivity contribution in [2.75, 3.05) is 13.1 Å². The Hall–Kier alpha value is -2.13. The van der Waals surface area contributed by atoms with Gasteiger partial charge in [-0.3, -0.25) is 9.69 Å². The van der Waals surface area contributed by atoms with Crippen molar-refractivity contribution in [2.24, 2.45) is 5.92 Å². The van der Waals surface area contributed by atoms with Crippen molar-refractivity contribution >= 4 is 5.97 Å². The maximum Gasteiger partial charge on any atom is 0.307 e. The summed E-state index contributed by atoms with van der Waals surface area (Å²) in [6.07, 6.45) is 1.77. The van der Waals surface area contributed by atoms with Crippen molar-refractivity contribution in [3.63, 3.8) is 0 Å². The predicted molar refractivity (Wildman–Crippen MR) is 97.0 cm³/mol. The molecule has 0 amide bonds. The summed E-state index contributed by atoms with van der Waals surface area (Å²) in [6, 6.07) is 15.3. The van der Waals surface area contributed by atoms with E-state index in [1.165, 1.54) is 27.8 Å². The summed E-state index contributed by atoms with van der Waals surface area (Å²) in [7, 11) is 0. The molecule has 1 unspecified atom stereocenters. The minimum atomic E-state index is -0.662. The Morgan fingerprint density at radius 2 is 1.75 bits per heavy atom. The molecule has 3 nitrogen and oxygen atoms in total. The molecule has 1 aliphatic heterocycles. The van der Waals surface area contributed by atoms with E-state index in [0.29, 0.717) is 6.54 Å². The number of rotatable bonds is 4. The quantitative estimate of drug-likeness (QED) is 0.913. The van der Waals surface area contributed by atoms with Gasteiger partial charge in [0, 0.05) is 13.1 Å². The lowest BCUT2D eigenvalue weighted by Crippen LogP contribution is -2.38. The van der Waals surface area contributed by atoms with Crippen LogP contribution in [0, 0.1) is 19.8 Å². The van der Waals surface area contributed by atoms with Crippen LogP contribution in [0.25, 0.3) is 11.1 Å². The lowest BCUT2D eigenvalue weighted by Gasteiger charge is -2.30. The molecule has 2 aromatic carbocycles. The zero-order valence-electron chi connectivity index (χ0n) is 14.5. The van der Waals surface area contributed by atoms with Crippen LogP contribution >= 0.6 is 0 Å². The maximum atomic E-state index is 11.2. The number of aliphatic carboxylic acids is 1. The fourth-order valence-corrected chi connectivity index (χ4v) is 3.60. The van der Waals surface area contributed by atoms with E-state index >= 15 is 0 Å². The van der Waals surface area contributed by atoms with E-state index in [1.807, 2.05) is 0 Å². The Bertz CT molecular complexity index is 701. The van der Waals surface area contributed by atoms with Gasteiger partial charge in [-0.25, -0.2) is 0 Å². The first-order chi connectivity index (χ1) is 11.5. The van der Waals surface area contributed by atoms with Crippen LogP contribution in [0.4, 0.5) is 0 Å². The number of aryl methyl sites for hydroxylation is 2. The minimum Gasteiger partial charge on any atom is -0.481 e. The van der Waals surface area contributed by atoms with Gasteiger partial charge in [0.1, 0.15) is 0 Å². The second kappa shape index (κ2) is 7.18. The molecule has 1 N–H and O–H groups in total. The van der Waals surface area contributed by atoms with Gasteiger partial charge in [-0.1, -0.05) is 53.6 Å². The molecule has 0 saturated carbocycles. The molecule has 1 fully saturated rings. The highest BCUT2D eigenvalue weighted by molar-refractivity contribution is 5.70. The van der Waals surface area contributed by atoms with Gasteiger partial charge in [0.05, 0.1) is 5.92 Å². The van der Waals surface area contributed by atoms with Crippen LogP contribution in [0.5, 0.6) is 0 Å². The smallest absolute Gasteiger partial charge is 0.307 e. The molecule has 1 heterocycles. The van der Waals surface area contributed by atoms with E-state index in [1.54, 1.807) is 0 Å². The van der Waals surface area contributed by atoms with Gasteiger partial charge in [-0.15, -0.1) is 0 Å². The Kier molecular flexibility index (Phi) is 5.00. The molecule has 1 saturated heterocycles. The number of carbonyl (C=O) groups is 1. The Morgan fingerprint density at radius 3 is 2.38 bits per heavy atom. The number of carboxylic acid groups (broad SMARTS) is 1. The molecule has 0 radical (unpaired) electrons. The maximum absolute atomic E-state index is 11.2. The van der Waals surface area contributed by atoms with Crippen molar-refractivity contribution in [2.45, 2.75) is 33.2 Å². The monoisotopic (exact) mass is 323 g/mol. The van der Waals surface area contributed by atoms with Gasteiger partial charge in [0.25, 0.3) is 0 Å². The average Bonchev–Trinajstić information content (AvgIpc) is 2.55. The van der Waals surface area contributed by atoms with E-state index in [0.717, 1.165) is 25.9 Å². The van der Waals surface area contributed by atoms with Crippen LogP contribution in [0.3, 0.4) is 0 Å². The predicted octanol–water partition coefficient (Wildman–Crippen LogP) is 4.27. The van der Waals surface area contributed by atoms with E-state index in [4.69, 9.17) is 0 Å². The summed E-state index contributed by atoms with van der Waals surface area (Å²) in [5.41, 5.74) is 6.29. The van der Waals surface area contributed by atoms with E-state index in [2.05, 4.69) is 61.2 Å². The molecule has 0 aliphatic carbocycles.